The highest BCUT2D eigenvalue weighted by molar-refractivity contribution is 6.40. The number of carbonyl (C=O) groups is 3. The topological polar surface area (TPSA) is 92.5 Å². The molecule has 2 aliphatic rings. The van der Waals surface area contributed by atoms with Crippen LogP contribution in [-0.2, 0) is 11.0 Å². The van der Waals surface area contributed by atoms with Crippen molar-refractivity contribution in [3.05, 3.63) is 50.8 Å². The van der Waals surface area contributed by atoms with Crippen LogP contribution in [0.3, 0.4) is 0 Å². The first kappa shape index (κ1) is 31.3. The van der Waals surface area contributed by atoms with Crippen LogP contribution >= 0.6 is 23.2 Å². The van der Waals surface area contributed by atoms with Gasteiger partial charge in [-0.25, -0.2) is 0 Å². The molecule has 1 amide bonds. The number of carbonyl (C=O) groups excluding carboxylic acids is 2. The van der Waals surface area contributed by atoms with E-state index in [0.29, 0.717) is 12.8 Å². The maximum Gasteiger partial charge on any atom is 0.433 e. The van der Waals surface area contributed by atoms with E-state index >= 15 is 0 Å². The van der Waals surface area contributed by atoms with Crippen LogP contribution in [0.15, 0.2) is 18.3 Å². The Kier molecular flexibility index (Phi) is 8.86. The minimum Gasteiger partial charge on any atom is -0.481 e. The normalized spacial score (nSPS) is 23.1. The molecule has 2 saturated carbocycles. The number of ketones is 1. The summed E-state index contributed by atoms with van der Waals surface area (Å²) in [6.07, 6.45) is -2.10. The molecular weight excluding hydrogens is 582 g/mol. The summed E-state index contributed by atoms with van der Waals surface area (Å²) in [6, 6.07) is 1.99. The number of Topliss-reactive ketones (excluding diaryl/α,β-unsaturated/α-hetero) is 1. The van der Waals surface area contributed by atoms with Crippen LogP contribution in [0.5, 0.6) is 0 Å². The highest BCUT2D eigenvalue weighted by Crippen LogP contribution is 2.45. The number of carboxylic acids is 1. The van der Waals surface area contributed by atoms with E-state index < -0.39 is 59.6 Å². The van der Waals surface area contributed by atoms with Crippen LogP contribution in [0.1, 0.15) is 97.3 Å². The fourth-order valence-electron chi connectivity index (χ4n) is 5.92. The van der Waals surface area contributed by atoms with E-state index in [1.54, 1.807) is 19.1 Å². The first-order chi connectivity index (χ1) is 19.0. The van der Waals surface area contributed by atoms with E-state index in [-0.39, 0.29) is 52.6 Å². The Bertz CT molecular complexity index is 1310. The van der Waals surface area contributed by atoms with Crippen molar-refractivity contribution in [2.45, 2.75) is 84.5 Å². The maximum absolute atomic E-state index is 14.5. The Morgan fingerprint density at radius 2 is 1.61 bits per heavy atom. The van der Waals surface area contributed by atoms with Crippen LogP contribution in [0.25, 0.3) is 0 Å². The molecule has 2 fully saturated rings. The summed E-state index contributed by atoms with van der Waals surface area (Å²) in [5, 5.41) is 13.5. The van der Waals surface area contributed by atoms with Gasteiger partial charge in [-0.15, -0.1) is 0 Å². The Morgan fingerprint density at radius 1 is 1.05 bits per heavy atom. The quantitative estimate of drug-likeness (QED) is 0.326. The molecule has 0 aliphatic heterocycles. The van der Waals surface area contributed by atoms with E-state index in [0.717, 1.165) is 16.4 Å². The van der Waals surface area contributed by atoms with Crippen molar-refractivity contribution in [3.63, 3.8) is 0 Å². The largest absolute Gasteiger partial charge is 0.481 e. The summed E-state index contributed by atoms with van der Waals surface area (Å²) >= 11 is 12.6. The zero-order chi connectivity index (χ0) is 30.4. The van der Waals surface area contributed by atoms with Crippen LogP contribution in [0.2, 0.25) is 10.0 Å². The minimum atomic E-state index is -4.90. The van der Waals surface area contributed by atoms with Gasteiger partial charge in [0, 0.05) is 6.04 Å². The van der Waals surface area contributed by atoms with Gasteiger partial charge < -0.3 is 10.0 Å². The van der Waals surface area contributed by atoms with Gasteiger partial charge in [0.05, 0.1) is 45.9 Å². The van der Waals surface area contributed by atoms with Gasteiger partial charge in [0.15, 0.2) is 11.5 Å². The lowest BCUT2D eigenvalue weighted by molar-refractivity contribution is -0.147. The lowest BCUT2D eigenvalue weighted by Gasteiger charge is -2.48. The molecular formula is C29H34Cl2F3N3O4. The van der Waals surface area contributed by atoms with Crippen LogP contribution < -0.4 is 0 Å². The predicted molar refractivity (Wildman–Crippen MR) is 148 cm³/mol. The zero-order valence-electron chi connectivity index (χ0n) is 23.4. The first-order valence-corrected chi connectivity index (χ1v) is 14.4. The Balaban J connectivity index is 1.68. The van der Waals surface area contributed by atoms with Gasteiger partial charge in [-0.3, -0.25) is 19.1 Å². The van der Waals surface area contributed by atoms with Crippen molar-refractivity contribution < 1.29 is 32.7 Å². The Morgan fingerprint density at radius 3 is 2.10 bits per heavy atom. The summed E-state index contributed by atoms with van der Waals surface area (Å²) in [5.74, 6) is -2.88. The van der Waals surface area contributed by atoms with Crippen molar-refractivity contribution in [3.8, 4) is 0 Å². The van der Waals surface area contributed by atoms with Gasteiger partial charge >= 0.3 is 12.1 Å². The molecule has 1 aromatic carbocycles. The van der Waals surface area contributed by atoms with Crippen molar-refractivity contribution in [1.82, 2.24) is 14.7 Å². The second kappa shape index (κ2) is 11.6. The van der Waals surface area contributed by atoms with E-state index in [2.05, 4.69) is 25.9 Å². The van der Waals surface area contributed by atoms with E-state index in [9.17, 15) is 32.7 Å². The number of nitrogens with zero attached hydrogens (tertiary/aromatic N) is 3. The van der Waals surface area contributed by atoms with Crippen LogP contribution in [-0.4, -0.2) is 50.0 Å². The molecule has 0 atom stereocenters. The van der Waals surface area contributed by atoms with Crippen LogP contribution in [0, 0.1) is 24.2 Å². The third kappa shape index (κ3) is 6.58. The highest BCUT2D eigenvalue weighted by Gasteiger charge is 2.47. The molecule has 7 nitrogen and oxygen atoms in total. The molecule has 0 unspecified atom stereocenters. The first-order valence-electron chi connectivity index (χ1n) is 13.7. The summed E-state index contributed by atoms with van der Waals surface area (Å²) in [4.78, 5) is 39.9. The maximum atomic E-state index is 14.5. The van der Waals surface area contributed by atoms with Gasteiger partial charge in [-0.1, -0.05) is 44.0 Å². The van der Waals surface area contributed by atoms with Crippen molar-refractivity contribution in [2.24, 2.45) is 17.3 Å². The molecule has 1 heterocycles. The average Bonchev–Trinajstić information content (AvgIpc) is 3.26. The molecule has 0 saturated heterocycles. The van der Waals surface area contributed by atoms with Crippen molar-refractivity contribution in [1.29, 1.82) is 0 Å². The predicted octanol–water partition coefficient (Wildman–Crippen LogP) is 7.48. The smallest absolute Gasteiger partial charge is 0.433 e. The number of alkyl halides is 3. The SMILES string of the molecule is Cc1cc(Cl)c(C(=O)CN(C(=O)c2cnn(C3CCC(C(=O)O)CC3)c2C(F)(F)F)C2CC(C(C)(C)C)C2)c(Cl)c1. The van der Waals surface area contributed by atoms with E-state index in [4.69, 9.17) is 23.2 Å². The second-order valence-corrected chi connectivity index (χ2v) is 13.2. The number of amides is 1. The third-order valence-electron chi connectivity index (χ3n) is 8.50. The summed E-state index contributed by atoms with van der Waals surface area (Å²) in [7, 11) is 0. The van der Waals surface area contributed by atoms with Gasteiger partial charge in [0.1, 0.15) is 0 Å². The number of halogens is 5. The standard InChI is InChI=1S/C29H34Cl2F3N3O4/c1-15-9-21(30)24(22(31)10-15)23(38)14-36(19-11-17(12-19)28(2,3)4)26(39)20-13-35-37(25(20)29(32,33)34)18-7-5-16(6-8-18)27(40)41/h9-10,13,16-19H,5-8,11-12,14H2,1-4H3,(H,40,41). The molecule has 41 heavy (non-hydrogen) atoms. The molecule has 1 N–H and O–H groups in total. The number of rotatable bonds is 7. The van der Waals surface area contributed by atoms with E-state index in [1.165, 1.54) is 4.90 Å². The average molecular weight is 617 g/mol. The summed E-state index contributed by atoms with van der Waals surface area (Å²) in [5.41, 5.74) is -1.14. The number of benzene rings is 1. The lowest BCUT2D eigenvalue weighted by atomic mass is 9.65. The van der Waals surface area contributed by atoms with Gasteiger partial charge in [-0.2, -0.15) is 18.3 Å². The van der Waals surface area contributed by atoms with Crippen molar-refractivity contribution >= 4 is 40.9 Å². The van der Waals surface area contributed by atoms with Gasteiger partial charge in [-0.05, 0) is 74.5 Å². The fraction of sp³-hybridized carbons (Fsp3) is 0.586. The second-order valence-electron chi connectivity index (χ2n) is 12.3. The van der Waals surface area contributed by atoms with Gasteiger partial charge in [0.2, 0.25) is 0 Å². The number of aryl methyl sites for hydroxylation is 1. The molecule has 0 bridgehead atoms. The molecule has 2 aliphatic carbocycles. The lowest BCUT2D eigenvalue weighted by Crippen LogP contribution is -2.52. The Hall–Kier alpha value is -2.59. The van der Waals surface area contributed by atoms with Crippen molar-refractivity contribution in [2.75, 3.05) is 6.54 Å². The number of aromatic nitrogens is 2. The number of hydrogen-bond acceptors (Lipinski definition) is 4. The molecule has 0 radical (unpaired) electrons. The van der Waals surface area contributed by atoms with Crippen LogP contribution in [0.4, 0.5) is 13.2 Å². The molecule has 4 rings (SSSR count). The highest BCUT2D eigenvalue weighted by atomic mass is 35.5. The molecule has 2 aromatic rings. The monoisotopic (exact) mass is 615 g/mol. The van der Waals surface area contributed by atoms with Gasteiger partial charge in [0.25, 0.3) is 5.91 Å². The minimum absolute atomic E-state index is 0.0189. The number of carboxylic acid groups (broad SMARTS) is 1. The summed E-state index contributed by atoms with van der Waals surface area (Å²) in [6.45, 7) is 7.44. The molecule has 0 spiro atoms. The number of hydrogen-bond donors (Lipinski definition) is 1. The fourth-order valence-corrected chi connectivity index (χ4v) is 6.72. The molecule has 12 heteroatoms. The van der Waals surface area contributed by atoms with E-state index in [1.807, 2.05) is 0 Å². The molecule has 224 valence electrons. The zero-order valence-corrected chi connectivity index (χ0v) is 24.9. The summed E-state index contributed by atoms with van der Waals surface area (Å²) < 4.78 is 44.3. The Labute approximate surface area is 247 Å². The third-order valence-corrected chi connectivity index (χ3v) is 9.10. The molecule has 1 aromatic heterocycles. The number of aliphatic carboxylic acids is 1.